The van der Waals surface area contributed by atoms with Crippen LogP contribution in [0, 0.1) is 0 Å². The second-order valence-corrected chi connectivity index (χ2v) is 27.3. The molecule has 0 amide bonds. The van der Waals surface area contributed by atoms with Gasteiger partial charge < -0.3 is 20.1 Å². The monoisotopic (exact) mass is 1270 g/mol. The van der Waals surface area contributed by atoms with Crippen molar-refractivity contribution < 1.29 is 37.6 Å². The summed E-state index contributed by atoms with van der Waals surface area (Å²) in [6.07, 6.45) is 98.9. The maximum Gasteiger partial charge on any atom is 0.472 e. The van der Waals surface area contributed by atoms with Crippen LogP contribution in [-0.4, -0.2) is 49.3 Å². The second-order valence-electron chi connectivity index (χ2n) is 25.8. The first kappa shape index (κ1) is 86.5. The first-order chi connectivity index (χ1) is 43.8. The van der Waals surface area contributed by atoms with Crippen molar-refractivity contribution in [2.24, 2.45) is 5.73 Å². The fourth-order valence-electron chi connectivity index (χ4n) is 11.4. The summed E-state index contributed by atoms with van der Waals surface area (Å²) in [7, 11) is -4.40. The van der Waals surface area contributed by atoms with Crippen molar-refractivity contribution in [3.8, 4) is 0 Å². The van der Waals surface area contributed by atoms with Crippen LogP contribution in [0.5, 0.6) is 0 Å². The van der Waals surface area contributed by atoms with E-state index in [4.69, 9.17) is 24.3 Å². The summed E-state index contributed by atoms with van der Waals surface area (Å²) in [6.45, 7) is 3.69. The molecular weight excluding hydrogens is 1120 g/mol. The lowest BCUT2D eigenvalue weighted by molar-refractivity contribution is -0.161. The van der Waals surface area contributed by atoms with Gasteiger partial charge in [0, 0.05) is 19.4 Å². The molecule has 0 aliphatic rings. The molecule has 0 aromatic heterocycles. The van der Waals surface area contributed by atoms with E-state index in [1.165, 1.54) is 283 Å². The van der Waals surface area contributed by atoms with E-state index in [1.54, 1.807) is 0 Å². The van der Waals surface area contributed by atoms with Crippen LogP contribution < -0.4 is 5.73 Å². The molecule has 0 heterocycles. The Morgan fingerprint density at radius 1 is 0.348 bits per heavy atom. The van der Waals surface area contributed by atoms with Crippen molar-refractivity contribution in [1.29, 1.82) is 0 Å². The number of ether oxygens (including phenoxy) is 2. The van der Waals surface area contributed by atoms with E-state index >= 15 is 0 Å². The molecule has 0 aliphatic heterocycles. The van der Waals surface area contributed by atoms with Gasteiger partial charge in [-0.15, -0.1) is 0 Å². The lowest BCUT2D eigenvalue weighted by atomic mass is 10.0. The van der Waals surface area contributed by atoms with Gasteiger partial charge in [-0.25, -0.2) is 4.57 Å². The topological polar surface area (TPSA) is 134 Å². The molecule has 9 nitrogen and oxygen atoms in total. The Morgan fingerprint density at radius 3 is 0.933 bits per heavy atom. The van der Waals surface area contributed by atoms with Gasteiger partial charge in [-0.1, -0.05) is 363 Å². The third kappa shape index (κ3) is 74.4. The smallest absolute Gasteiger partial charge is 0.462 e. The molecule has 3 N–H and O–H groups in total. The summed E-state index contributed by atoms with van der Waals surface area (Å²) in [6, 6.07) is 0. The Kier molecular flexibility index (Phi) is 72.4. The second kappa shape index (κ2) is 74.5. The third-order valence-corrected chi connectivity index (χ3v) is 18.1. The number of nitrogens with two attached hydrogens (primary N) is 1. The zero-order valence-corrected chi connectivity index (χ0v) is 59.6. The number of phosphoric acid groups is 1. The van der Waals surface area contributed by atoms with Crippen LogP contribution in [0.2, 0.25) is 0 Å². The van der Waals surface area contributed by atoms with Crippen molar-refractivity contribution in [2.45, 2.75) is 392 Å². The molecule has 10 heteroatoms. The summed E-state index contributed by atoms with van der Waals surface area (Å²) in [5.41, 5.74) is 5.41. The molecule has 0 aromatic rings. The molecule has 0 bridgehead atoms. The van der Waals surface area contributed by atoms with Crippen molar-refractivity contribution >= 4 is 19.8 Å². The highest BCUT2D eigenvalue weighted by Gasteiger charge is 2.26. The maximum atomic E-state index is 12.8. The van der Waals surface area contributed by atoms with Crippen LogP contribution in [0.25, 0.3) is 0 Å². The Labute approximate surface area is 552 Å². The van der Waals surface area contributed by atoms with Crippen molar-refractivity contribution in [2.75, 3.05) is 26.4 Å². The maximum absolute atomic E-state index is 12.8. The van der Waals surface area contributed by atoms with Gasteiger partial charge in [-0.05, 0) is 83.5 Å². The SMILES string of the molecule is CC/C=C\C/C=C\C/C=C\C/C=C\C/C=C\CCCCCCCCCCCCCCCCCC(=O)OC(COC(=O)CCCCCCCCCCCCCCCCCCCCCCCCCCC/C=C\CCCCCCCCCC)COP(=O)(O)OCCN. The zero-order chi connectivity index (χ0) is 64.4. The number of rotatable bonds is 73. The van der Waals surface area contributed by atoms with Crippen LogP contribution in [-0.2, 0) is 32.7 Å². The molecule has 0 fully saturated rings. The highest BCUT2D eigenvalue weighted by Crippen LogP contribution is 2.43. The number of hydrogen-bond acceptors (Lipinski definition) is 8. The number of unbranched alkanes of at least 4 members (excludes halogenated alkanes) is 48. The lowest BCUT2D eigenvalue weighted by Crippen LogP contribution is -2.29. The van der Waals surface area contributed by atoms with Gasteiger partial charge in [-0.2, -0.15) is 0 Å². The predicted octanol–water partition coefficient (Wildman–Crippen LogP) is 25.5. The number of phosphoric ester groups is 1. The van der Waals surface area contributed by atoms with E-state index in [-0.39, 0.29) is 38.6 Å². The highest BCUT2D eigenvalue weighted by molar-refractivity contribution is 7.47. The number of allylic oxidation sites excluding steroid dienone is 12. The molecule has 2 unspecified atom stereocenters. The molecule has 0 aromatic carbocycles. The first-order valence-electron chi connectivity index (χ1n) is 38.4. The summed E-state index contributed by atoms with van der Waals surface area (Å²) in [4.78, 5) is 35.4. The fourth-order valence-corrected chi connectivity index (χ4v) is 12.2. The van der Waals surface area contributed by atoms with E-state index in [9.17, 15) is 19.0 Å². The van der Waals surface area contributed by atoms with E-state index < -0.39 is 26.5 Å². The Hall–Kier alpha value is -2.55. The summed E-state index contributed by atoms with van der Waals surface area (Å²) >= 11 is 0. The first-order valence-corrected chi connectivity index (χ1v) is 39.9. The Morgan fingerprint density at radius 2 is 0.618 bits per heavy atom. The van der Waals surface area contributed by atoms with Gasteiger partial charge in [0.1, 0.15) is 6.61 Å². The normalized spacial score (nSPS) is 13.3. The number of hydrogen-bond donors (Lipinski definition) is 2. The average Bonchev–Trinajstić information content (AvgIpc) is 3.68. The van der Waals surface area contributed by atoms with Crippen molar-refractivity contribution in [1.82, 2.24) is 0 Å². The minimum absolute atomic E-state index is 0.0536. The van der Waals surface area contributed by atoms with E-state index in [2.05, 4.69) is 86.8 Å². The molecule has 0 rings (SSSR count). The standard InChI is InChI=1S/C79H146NO8P/c1-3-5-7-9-11-13-15-17-19-21-23-25-27-29-31-33-35-36-37-38-39-40-42-43-45-47-49-51-53-55-57-59-61-63-65-67-69-71-78(81)85-75-77(76-87-89(83,84)86-74-73-80)88-79(82)72-70-68-66-64-62-60-58-56-54-52-50-48-46-44-41-34-32-30-28-26-24-22-20-18-16-14-12-10-8-6-4-2/h6,8,12,14,18,20-21,23-24,26,30,32,77H,3-5,7,9-11,13,15-17,19,22,25,27-29,31,33-76,80H2,1-2H3,(H,83,84)/b8-6-,14-12-,20-18-,23-21-,26-24-,32-30-. The minimum atomic E-state index is -4.40. The lowest BCUT2D eigenvalue weighted by Gasteiger charge is -2.19. The van der Waals surface area contributed by atoms with Crippen LogP contribution in [0.15, 0.2) is 72.9 Å². The van der Waals surface area contributed by atoms with Gasteiger partial charge in [-0.3, -0.25) is 18.6 Å². The van der Waals surface area contributed by atoms with Crippen LogP contribution >= 0.6 is 7.82 Å². The van der Waals surface area contributed by atoms with Crippen LogP contribution in [0.4, 0.5) is 0 Å². The van der Waals surface area contributed by atoms with E-state index in [0.717, 1.165) is 70.6 Å². The van der Waals surface area contributed by atoms with Gasteiger partial charge in [0.15, 0.2) is 6.10 Å². The summed E-state index contributed by atoms with van der Waals surface area (Å²) in [5.74, 6) is -0.810. The Bertz CT molecular complexity index is 1690. The molecule has 2 atom stereocenters. The number of carbonyl (C=O) groups excluding carboxylic acids is 2. The Balaban J connectivity index is 3.78. The van der Waals surface area contributed by atoms with Gasteiger partial charge in [0.2, 0.25) is 0 Å². The quantitative estimate of drug-likeness (QED) is 0.0264. The molecular formula is C79H146NO8P. The number of carbonyl (C=O) groups is 2. The fraction of sp³-hybridized carbons (Fsp3) is 0.823. The third-order valence-electron chi connectivity index (χ3n) is 17.1. The number of esters is 2. The molecule has 520 valence electrons. The van der Waals surface area contributed by atoms with E-state index in [0.29, 0.717) is 6.42 Å². The zero-order valence-electron chi connectivity index (χ0n) is 58.7. The van der Waals surface area contributed by atoms with Gasteiger partial charge >= 0.3 is 19.8 Å². The molecule has 0 aliphatic carbocycles. The van der Waals surface area contributed by atoms with Gasteiger partial charge in [0.25, 0.3) is 0 Å². The molecule has 0 spiro atoms. The summed E-state index contributed by atoms with van der Waals surface area (Å²) < 4.78 is 33.3. The van der Waals surface area contributed by atoms with Crippen LogP contribution in [0.1, 0.15) is 386 Å². The summed E-state index contributed by atoms with van der Waals surface area (Å²) in [5, 5.41) is 0. The van der Waals surface area contributed by atoms with Crippen molar-refractivity contribution in [3.05, 3.63) is 72.9 Å². The average molecular weight is 1270 g/mol. The van der Waals surface area contributed by atoms with E-state index in [1.807, 2.05) is 0 Å². The molecule has 0 radical (unpaired) electrons. The van der Waals surface area contributed by atoms with Crippen LogP contribution in [0.3, 0.4) is 0 Å². The predicted molar refractivity (Wildman–Crippen MR) is 386 cm³/mol. The van der Waals surface area contributed by atoms with Gasteiger partial charge in [0.05, 0.1) is 13.2 Å². The largest absolute Gasteiger partial charge is 0.472 e. The van der Waals surface area contributed by atoms with Crippen molar-refractivity contribution in [3.63, 3.8) is 0 Å². The molecule has 0 saturated heterocycles. The minimum Gasteiger partial charge on any atom is -0.462 e. The highest BCUT2D eigenvalue weighted by atomic mass is 31.2. The molecule has 89 heavy (non-hydrogen) atoms. The molecule has 0 saturated carbocycles.